The Balaban J connectivity index is 0.000000861. The van der Waals surface area contributed by atoms with Crippen LogP contribution in [0.25, 0.3) is 10.9 Å². The predicted molar refractivity (Wildman–Crippen MR) is 74.0 cm³/mol. The molecule has 19 heavy (non-hydrogen) atoms. The van der Waals surface area contributed by atoms with Gasteiger partial charge >= 0.3 is 11.2 Å². The van der Waals surface area contributed by atoms with Crippen molar-refractivity contribution in [3.63, 3.8) is 0 Å². The van der Waals surface area contributed by atoms with Gasteiger partial charge in [0, 0.05) is 10.4 Å². The van der Waals surface area contributed by atoms with Gasteiger partial charge in [0.25, 0.3) is 0 Å². The normalized spacial score (nSPS) is 9.89. The van der Waals surface area contributed by atoms with Gasteiger partial charge in [-0.3, -0.25) is 14.9 Å². The van der Waals surface area contributed by atoms with E-state index in [2.05, 4.69) is 4.98 Å². The first-order valence-corrected chi connectivity index (χ1v) is 5.99. The van der Waals surface area contributed by atoms with Crippen LogP contribution in [0.2, 0.25) is 5.02 Å². The third kappa shape index (κ3) is 2.68. The molecule has 2 N–H and O–H groups in total. The first kappa shape index (κ1) is 15.0. The third-order valence-corrected chi connectivity index (χ3v) is 2.83. The van der Waals surface area contributed by atoms with Crippen LogP contribution in [-0.4, -0.2) is 15.0 Å². The Morgan fingerprint density at radius 3 is 2.47 bits per heavy atom. The van der Waals surface area contributed by atoms with E-state index >= 15 is 0 Å². The van der Waals surface area contributed by atoms with E-state index in [-0.39, 0.29) is 10.9 Å². The Morgan fingerprint density at radius 2 is 1.95 bits per heavy atom. The van der Waals surface area contributed by atoms with E-state index in [0.717, 1.165) is 0 Å². The van der Waals surface area contributed by atoms with Crippen LogP contribution in [0.15, 0.2) is 16.9 Å². The van der Waals surface area contributed by atoms with Crippen molar-refractivity contribution in [1.82, 2.24) is 4.98 Å². The summed E-state index contributed by atoms with van der Waals surface area (Å²) in [6.45, 7) is 5.69. The van der Waals surface area contributed by atoms with E-state index < -0.39 is 21.9 Å². The van der Waals surface area contributed by atoms with Crippen molar-refractivity contribution in [3.05, 3.63) is 43.2 Å². The van der Waals surface area contributed by atoms with Gasteiger partial charge in [0.15, 0.2) is 0 Å². The van der Waals surface area contributed by atoms with Crippen LogP contribution >= 0.6 is 11.6 Å². The van der Waals surface area contributed by atoms with Gasteiger partial charge in [-0.15, -0.1) is 0 Å². The number of H-pyrrole nitrogens is 1. The van der Waals surface area contributed by atoms with Crippen molar-refractivity contribution in [3.8, 4) is 5.75 Å². The predicted octanol–water partition coefficient (Wildman–Crippen LogP) is 3.13. The number of aromatic hydroxyl groups is 1. The zero-order valence-electron chi connectivity index (χ0n) is 10.7. The second-order valence-corrected chi connectivity index (χ2v) is 3.96. The summed E-state index contributed by atoms with van der Waals surface area (Å²) >= 11 is 5.86. The maximum absolute atomic E-state index is 11.4. The van der Waals surface area contributed by atoms with Crippen LogP contribution in [0.4, 0.5) is 5.69 Å². The highest BCUT2D eigenvalue weighted by molar-refractivity contribution is 6.32. The molecule has 6 nitrogen and oxygen atoms in total. The molecule has 2 rings (SSSR count). The van der Waals surface area contributed by atoms with Crippen LogP contribution in [0, 0.1) is 17.0 Å². The Bertz CT molecular complexity index is 694. The summed E-state index contributed by atoms with van der Waals surface area (Å²) in [6, 6.07) is 2.92. The lowest BCUT2D eigenvalue weighted by Crippen LogP contribution is -2.11. The van der Waals surface area contributed by atoms with Gasteiger partial charge in [0.2, 0.25) is 5.75 Å². The fourth-order valence-electron chi connectivity index (χ4n) is 1.57. The van der Waals surface area contributed by atoms with Gasteiger partial charge in [-0.2, -0.15) is 0 Å². The molecule has 0 spiro atoms. The molecule has 0 bridgehead atoms. The molecular formula is C12H13ClN2O4. The summed E-state index contributed by atoms with van der Waals surface area (Å²) in [5.41, 5.74) is -0.913. The maximum Gasteiger partial charge on any atom is 0.375 e. The number of halogens is 1. The Morgan fingerprint density at radius 1 is 1.37 bits per heavy atom. The van der Waals surface area contributed by atoms with E-state index in [0.29, 0.717) is 10.6 Å². The Labute approximate surface area is 113 Å². The fraction of sp³-hybridized carbons (Fsp3) is 0.250. The van der Waals surface area contributed by atoms with E-state index in [9.17, 15) is 20.0 Å². The molecule has 0 radical (unpaired) electrons. The number of aromatic nitrogens is 1. The zero-order chi connectivity index (χ0) is 14.7. The lowest BCUT2D eigenvalue weighted by Gasteiger charge is -2.04. The lowest BCUT2D eigenvalue weighted by atomic mass is 10.1. The first-order valence-electron chi connectivity index (χ1n) is 5.61. The number of rotatable bonds is 1. The molecule has 0 amide bonds. The summed E-state index contributed by atoms with van der Waals surface area (Å²) in [6.07, 6.45) is 0. The summed E-state index contributed by atoms with van der Waals surface area (Å²) < 4.78 is 0. The molecular weight excluding hydrogens is 272 g/mol. The average molecular weight is 285 g/mol. The zero-order valence-corrected chi connectivity index (χ0v) is 11.4. The topological polar surface area (TPSA) is 96.2 Å². The Kier molecular flexibility index (Phi) is 4.50. The number of nitro groups is 1. The standard InChI is InChI=1S/C10H7ClN2O4.C2H6/c1-4-2-5-7(3-6(4)11)12-10(15)8(9(5)14)13(16)17;1-2/h2-3H,1H3,(H2,12,14,15);1-2H3. The minimum absolute atomic E-state index is 0.193. The maximum atomic E-state index is 11.4. The van der Waals surface area contributed by atoms with E-state index in [1.165, 1.54) is 12.1 Å². The molecule has 0 aliphatic carbocycles. The van der Waals surface area contributed by atoms with Gasteiger partial charge in [-0.1, -0.05) is 25.4 Å². The third-order valence-electron chi connectivity index (χ3n) is 2.42. The van der Waals surface area contributed by atoms with Crippen LogP contribution in [0.3, 0.4) is 0 Å². The second-order valence-electron chi connectivity index (χ2n) is 3.56. The molecule has 0 aliphatic heterocycles. The number of fused-ring (bicyclic) bond motifs is 1. The molecule has 0 fully saturated rings. The van der Waals surface area contributed by atoms with Gasteiger partial charge in [-0.05, 0) is 24.6 Å². The highest BCUT2D eigenvalue weighted by Gasteiger charge is 2.22. The van der Waals surface area contributed by atoms with Crippen LogP contribution < -0.4 is 5.56 Å². The molecule has 2 aromatic rings. The number of hydrogen-bond donors (Lipinski definition) is 2. The van der Waals surface area contributed by atoms with E-state index in [1.807, 2.05) is 13.8 Å². The average Bonchev–Trinajstić information content (AvgIpc) is 2.34. The SMILES string of the molecule is CC.Cc1cc2c(O)c([N+](=O)[O-])c(=O)[nH]c2cc1Cl. The molecule has 0 saturated heterocycles. The molecule has 1 aromatic carbocycles. The molecule has 1 heterocycles. The van der Waals surface area contributed by atoms with E-state index in [4.69, 9.17) is 11.6 Å². The first-order chi connectivity index (χ1) is 8.91. The minimum Gasteiger partial charge on any atom is -0.501 e. The molecule has 7 heteroatoms. The van der Waals surface area contributed by atoms with E-state index in [1.54, 1.807) is 6.92 Å². The molecule has 0 unspecified atom stereocenters. The van der Waals surface area contributed by atoms with Gasteiger partial charge in [0.1, 0.15) is 0 Å². The molecule has 1 aromatic heterocycles. The molecule has 0 atom stereocenters. The number of pyridine rings is 1. The number of benzene rings is 1. The summed E-state index contributed by atoms with van der Waals surface area (Å²) in [4.78, 5) is 23.4. The summed E-state index contributed by atoms with van der Waals surface area (Å²) in [5, 5.41) is 20.9. The van der Waals surface area contributed by atoms with Crippen molar-refractivity contribution in [1.29, 1.82) is 0 Å². The highest BCUT2D eigenvalue weighted by atomic mass is 35.5. The minimum atomic E-state index is -0.958. The van der Waals surface area contributed by atoms with Crippen LogP contribution in [0.5, 0.6) is 5.75 Å². The smallest absolute Gasteiger partial charge is 0.375 e. The molecule has 0 aliphatic rings. The molecule has 102 valence electrons. The van der Waals surface area contributed by atoms with Crippen LogP contribution in [-0.2, 0) is 0 Å². The number of aromatic amines is 1. The van der Waals surface area contributed by atoms with Crippen molar-refractivity contribution >= 4 is 28.2 Å². The largest absolute Gasteiger partial charge is 0.501 e. The monoisotopic (exact) mass is 284 g/mol. The van der Waals surface area contributed by atoms with Gasteiger partial charge in [0.05, 0.1) is 10.4 Å². The van der Waals surface area contributed by atoms with Crippen LogP contribution in [0.1, 0.15) is 19.4 Å². The van der Waals surface area contributed by atoms with Crippen molar-refractivity contribution in [2.75, 3.05) is 0 Å². The highest BCUT2D eigenvalue weighted by Crippen LogP contribution is 2.32. The second kappa shape index (κ2) is 5.71. The quantitative estimate of drug-likeness (QED) is 0.621. The van der Waals surface area contributed by atoms with Crippen molar-refractivity contribution < 1.29 is 10.0 Å². The number of aryl methyl sites for hydroxylation is 1. The van der Waals surface area contributed by atoms with Gasteiger partial charge < -0.3 is 10.1 Å². The Hall–Kier alpha value is -2.08. The fourth-order valence-corrected chi connectivity index (χ4v) is 1.73. The lowest BCUT2D eigenvalue weighted by molar-refractivity contribution is -0.387. The number of nitrogens with one attached hydrogen (secondary N) is 1. The summed E-state index contributed by atoms with van der Waals surface area (Å²) in [7, 11) is 0. The van der Waals surface area contributed by atoms with Gasteiger partial charge in [-0.25, -0.2) is 0 Å². The molecule has 0 saturated carbocycles. The number of hydrogen-bond acceptors (Lipinski definition) is 4. The summed E-state index contributed by atoms with van der Waals surface area (Å²) in [5.74, 6) is -0.645. The number of nitrogens with zero attached hydrogens (tertiary/aromatic N) is 1. The van der Waals surface area contributed by atoms with Crippen molar-refractivity contribution in [2.24, 2.45) is 0 Å². The van der Waals surface area contributed by atoms with Crippen molar-refractivity contribution in [2.45, 2.75) is 20.8 Å².